The zero-order chi connectivity index (χ0) is 5.78. The van der Waals surface area contributed by atoms with E-state index in [1.165, 1.54) is 0 Å². The third-order valence-electron chi connectivity index (χ3n) is 2.39. The predicted octanol–water partition coefficient (Wildman–Crippen LogP) is 2.01. The van der Waals surface area contributed by atoms with E-state index < -0.39 is 11.8 Å². The average Bonchev–Trinajstić information content (AvgIpc) is 2.23. The quantitative estimate of drug-likeness (QED) is 0.541. The van der Waals surface area contributed by atoms with Crippen LogP contribution in [0.2, 0.25) is 0 Å². The SMILES string of the molecule is FC1C2CCCC12F.N. The van der Waals surface area contributed by atoms with Crippen LogP contribution in [-0.4, -0.2) is 11.8 Å². The lowest BCUT2D eigenvalue weighted by Crippen LogP contribution is -2.00. The second-order valence-electron chi connectivity index (χ2n) is 2.83. The molecule has 0 saturated heterocycles. The van der Waals surface area contributed by atoms with Crippen LogP contribution in [0.3, 0.4) is 0 Å². The molecule has 3 unspecified atom stereocenters. The minimum Gasteiger partial charge on any atom is -0.344 e. The summed E-state index contributed by atoms with van der Waals surface area (Å²) in [5.41, 5.74) is -1.35. The molecule has 0 spiro atoms. The fraction of sp³-hybridized carbons (Fsp3) is 1.00. The van der Waals surface area contributed by atoms with Gasteiger partial charge in [0.2, 0.25) is 0 Å². The summed E-state index contributed by atoms with van der Waals surface area (Å²) in [5.74, 6) is -0.206. The number of hydrogen-bond acceptors (Lipinski definition) is 1. The molecule has 3 N–H and O–H groups in total. The van der Waals surface area contributed by atoms with Gasteiger partial charge in [-0.25, -0.2) is 8.78 Å². The molecular weight excluding hydrogens is 124 g/mol. The highest BCUT2D eigenvalue weighted by atomic mass is 19.2. The fourth-order valence-electron chi connectivity index (χ4n) is 1.74. The van der Waals surface area contributed by atoms with Crippen molar-refractivity contribution in [2.24, 2.45) is 5.92 Å². The molecule has 0 aromatic rings. The summed E-state index contributed by atoms with van der Waals surface area (Å²) in [4.78, 5) is 0. The van der Waals surface area contributed by atoms with Crippen molar-refractivity contribution in [3.8, 4) is 0 Å². The van der Waals surface area contributed by atoms with Crippen molar-refractivity contribution in [1.82, 2.24) is 6.15 Å². The lowest BCUT2D eigenvalue weighted by atomic mass is 10.2. The van der Waals surface area contributed by atoms with E-state index in [1.54, 1.807) is 0 Å². The molecule has 2 saturated carbocycles. The van der Waals surface area contributed by atoms with Crippen LogP contribution < -0.4 is 6.15 Å². The van der Waals surface area contributed by atoms with Crippen LogP contribution >= 0.6 is 0 Å². The van der Waals surface area contributed by atoms with Gasteiger partial charge in [0.15, 0.2) is 0 Å². The maximum atomic E-state index is 12.7. The molecule has 3 atom stereocenters. The second kappa shape index (κ2) is 1.66. The molecule has 0 amide bonds. The molecule has 0 aromatic carbocycles. The van der Waals surface area contributed by atoms with Crippen molar-refractivity contribution >= 4 is 0 Å². The van der Waals surface area contributed by atoms with Crippen molar-refractivity contribution in [2.45, 2.75) is 31.1 Å². The van der Waals surface area contributed by atoms with Gasteiger partial charge in [-0.15, -0.1) is 0 Å². The zero-order valence-electron chi connectivity index (χ0n) is 5.24. The minimum atomic E-state index is -1.35. The number of fused-ring (bicyclic) bond motifs is 1. The van der Waals surface area contributed by atoms with Crippen LogP contribution in [-0.2, 0) is 0 Å². The Kier molecular flexibility index (Phi) is 1.28. The second-order valence-corrected chi connectivity index (χ2v) is 2.83. The summed E-state index contributed by atoms with van der Waals surface area (Å²) in [6.45, 7) is 0. The average molecular weight is 135 g/mol. The van der Waals surface area contributed by atoms with E-state index in [2.05, 4.69) is 0 Å². The molecule has 54 valence electrons. The predicted molar refractivity (Wildman–Crippen MR) is 31.1 cm³/mol. The van der Waals surface area contributed by atoms with Gasteiger partial charge in [-0.05, 0) is 19.3 Å². The van der Waals surface area contributed by atoms with Crippen molar-refractivity contribution < 1.29 is 8.78 Å². The smallest absolute Gasteiger partial charge is 0.148 e. The molecule has 0 aliphatic heterocycles. The largest absolute Gasteiger partial charge is 0.344 e. The van der Waals surface area contributed by atoms with Crippen molar-refractivity contribution in [1.29, 1.82) is 0 Å². The number of halogens is 2. The molecule has 2 aliphatic rings. The molecule has 9 heavy (non-hydrogen) atoms. The van der Waals surface area contributed by atoms with Crippen LogP contribution in [0.4, 0.5) is 8.78 Å². The standard InChI is InChI=1S/C6H8F2.H3N/c7-5-4-2-1-3-6(4,5)8;/h4-5H,1-3H2;1H3. The summed E-state index contributed by atoms with van der Waals surface area (Å²) < 4.78 is 24.9. The first-order valence-electron chi connectivity index (χ1n) is 3.08. The van der Waals surface area contributed by atoms with Crippen molar-refractivity contribution in [3.05, 3.63) is 0 Å². The molecule has 0 bridgehead atoms. The minimum absolute atomic E-state index is 0. The molecule has 0 aromatic heterocycles. The van der Waals surface area contributed by atoms with Gasteiger partial charge in [0.05, 0.1) is 0 Å². The van der Waals surface area contributed by atoms with Gasteiger partial charge in [-0.3, -0.25) is 0 Å². The molecule has 1 nitrogen and oxygen atoms in total. The number of hydrogen-bond donors (Lipinski definition) is 1. The molecule has 2 fully saturated rings. The number of alkyl halides is 2. The van der Waals surface area contributed by atoms with E-state index in [4.69, 9.17) is 0 Å². The molecule has 2 aliphatic carbocycles. The van der Waals surface area contributed by atoms with Crippen LogP contribution in [0, 0.1) is 5.92 Å². The summed E-state index contributed by atoms with van der Waals surface area (Å²) in [6, 6.07) is 0. The van der Waals surface area contributed by atoms with Crippen LogP contribution in [0.25, 0.3) is 0 Å². The van der Waals surface area contributed by atoms with Gasteiger partial charge in [0, 0.05) is 5.92 Å². The molecule has 0 radical (unpaired) electrons. The highest BCUT2D eigenvalue weighted by Crippen LogP contribution is 2.60. The summed E-state index contributed by atoms with van der Waals surface area (Å²) in [7, 11) is 0. The lowest BCUT2D eigenvalue weighted by molar-refractivity contribution is 0.239. The molecule has 0 heterocycles. The zero-order valence-corrected chi connectivity index (χ0v) is 5.24. The van der Waals surface area contributed by atoms with Crippen molar-refractivity contribution in [2.75, 3.05) is 0 Å². The van der Waals surface area contributed by atoms with Gasteiger partial charge in [0.25, 0.3) is 0 Å². The van der Waals surface area contributed by atoms with E-state index in [1.807, 2.05) is 0 Å². The van der Waals surface area contributed by atoms with Crippen molar-refractivity contribution in [3.63, 3.8) is 0 Å². The lowest BCUT2D eigenvalue weighted by Gasteiger charge is -1.94. The summed E-state index contributed by atoms with van der Waals surface area (Å²) >= 11 is 0. The monoisotopic (exact) mass is 135 g/mol. The first-order chi connectivity index (χ1) is 3.75. The Balaban J connectivity index is 0.000000405. The Morgan fingerprint density at radius 2 is 2.11 bits per heavy atom. The maximum absolute atomic E-state index is 12.7. The van der Waals surface area contributed by atoms with Crippen LogP contribution in [0.5, 0.6) is 0 Å². The molecule has 2 rings (SSSR count). The third kappa shape index (κ3) is 0.611. The first kappa shape index (κ1) is 6.93. The normalized spacial score (nSPS) is 54.0. The third-order valence-corrected chi connectivity index (χ3v) is 2.39. The van der Waals surface area contributed by atoms with Crippen LogP contribution in [0.15, 0.2) is 0 Å². The van der Waals surface area contributed by atoms with E-state index in [9.17, 15) is 8.78 Å². The Morgan fingerprint density at radius 3 is 2.33 bits per heavy atom. The van der Waals surface area contributed by atoms with Gasteiger partial charge in [-0.2, -0.15) is 0 Å². The Morgan fingerprint density at radius 1 is 1.44 bits per heavy atom. The Labute approximate surface area is 53.0 Å². The van der Waals surface area contributed by atoms with Crippen LogP contribution in [0.1, 0.15) is 19.3 Å². The van der Waals surface area contributed by atoms with E-state index >= 15 is 0 Å². The Bertz CT molecular complexity index is 128. The summed E-state index contributed by atoms with van der Waals surface area (Å²) in [6.07, 6.45) is 1.04. The summed E-state index contributed by atoms with van der Waals surface area (Å²) in [5, 5.41) is 0. The molecule has 3 heteroatoms. The Hall–Kier alpha value is -0.180. The number of rotatable bonds is 0. The fourth-order valence-corrected chi connectivity index (χ4v) is 1.74. The highest BCUT2D eigenvalue weighted by Gasteiger charge is 2.69. The topological polar surface area (TPSA) is 35.0 Å². The van der Waals surface area contributed by atoms with E-state index in [0.717, 1.165) is 12.8 Å². The van der Waals surface area contributed by atoms with E-state index in [0.29, 0.717) is 6.42 Å². The first-order valence-corrected chi connectivity index (χ1v) is 3.08. The highest BCUT2D eigenvalue weighted by molar-refractivity contribution is 5.17. The van der Waals surface area contributed by atoms with Gasteiger partial charge >= 0.3 is 0 Å². The molecular formula is C6H11F2N. The van der Waals surface area contributed by atoms with Gasteiger partial charge < -0.3 is 6.15 Å². The van der Waals surface area contributed by atoms with E-state index in [-0.39, 0.29) is 12.1 Å². The van der Waals surface area contributed by atoms with Gasteiger partial charge in [0.1, 0.15) is 11.8 Å². The van der Waals surface area contributed by atoms with Gasteiger partial charge in [-0.1, -0.05) is 0 Å². The maximum Gasteiger partial charge on any atom is 0.148 e.